The molecule has 1 aliphatic heterocycles. The number of phenols is 1. The van der Waals surface area contributed by atoms with Crippen molar-refractivity contribution < 1.29 is 5.11 Å². The molecule has 2 aromatic rings. The fourth-order valence-electron chi connectivity index (χ4n) is 2.22. The molecule has 1 aromatic heterocycles. The molecule has 0 atom stereocenters. The normalized spacial score (nSPS) is 17.8. The van der Waals surface area contributed by atoms with Gasteiger partial charge in [-0.25, -0.2) is 0 Å². The molecule has 1 aromatic carbocycles. The minimum absolute atomic E-state index is 0.287. The lowest BCUT2D eigenvalue weighted by molar-refractivity contribution is 0.283. The number of aromatic hydroxyl groups is 1. The van der Waals surface area contributed by atoms with Gasteiger partial charge in [-0.3, -0.25) is 5.01 Å². The summed E-state index contributed by atoms with van der Waals surface area (Å²) in [5, 5.41) is 17.0. The summed E-state index contributed by atoms with van der Waals surface area (Å²) in [5.74, 6) is 0.287. The first-order valence-corrected chi connectivity index (χ1v) is 5.84. The van der Waals surface area contributed by atoms with Crippen LogP contribution in [0.2, 0.25) is 0 Å². The third kappa shape index (κ3) is 1.82. The Morgan fingerprint density at radius 1 is 1.18 bits per heavy atom. The zero-order valence-corrected chi connectivity index (χ0v) is 9.87. The fraction of sp³-hybridized carbons (Fsp3) is 0.417. The number of hydrogen-bond donors (Lipinski definition) is 1. The van der Waals surface area contributed by atoms with Gasteiger partial charge in [0.15, 0.2) is 0 Å². The van der Waals surface area contributed by atoms with Gasteiger partial charge in [-0.15, -0.1) is 0 Å². The minimum atomic E-state index is 0.287. The van der Waals surface area contributed by atoms with Crippen LogP contribution in [-0.2, 0) is 0 Å². The van der Waals surface area contributed by atoms with Crippen molar-refractivity contribution in [3.05, 3.63) is 24.4 Å². The van der Waals surface area contributed by atoms with Gasteiger partial charge in [-0.1, -0.05) is 0 Å². The van der Waals surface area contributed by atoms with Crippen molar-refractivity contribution in [2.24, 2.45) is 0 Å². The molecule has 0 aliphatic carbocycles. The lowest BCUT2D eigenvalue weighted by Crippen LogP contribution is -2.50. The Morgan fingerprint density at radius 3 is 2.71 bits per heavy atom. The molecule has 3 rings (SSSR count). The second kappa shape index (κ2) is 3.92. The Labute approximate surface area is 99.8 Å². The van der Waals surface area contributed by atoms with E-state index in [0.29, 0.717) is 0 Å². The third-order valence-corrected chi connectivity index (χ3v) is 3.28. The molecule has 5 heteroatoms. The molecule has 1 aliphatic rings. The lowest BCUT2D eigenvalue weighted by Gasteiger charge is -2.33. The highest BCUT2D eigenvalue weighted by atomic mass is 16.3. The number of rotatable bonds is 1. The van der Waals surface area contributed by atoms with E-state index in [1.54, 1.807) is 18.3 Å². The largest absolute Gasteiger partial charge is 0.508 e. The predicted molar refractivity (Wildman–Crippen MR) is 66.8 cm³/mol. The van der Waals surface area contributed by atoms with Gasteiger partial charge in [0, 0.05) is 31.6 Å². The Balaban J connectivity index is 1.95. The van der Waals surface area contributed by atoms with Crippen molar-refractivity contribution in [3.8, 4) is 5.75 Å². The number of aromatic nitrogens is 2. The Hall–Kier alpha value is -1.75. The molecule has 0 unspecified atom stereocenters. The van der Waals surface area contributed by atoms with Crippen molar-refractivity contribution >= 4 is 10.9 Å². The van der Waals surface area contributed by atoms with E-state index in [9.17, 15) is 5.11 Å². The van der Waals surface area contributed by atoms with Crippen molar-refractivity contribution in [2.75, 3.05) is 38.2 Å². The summed E-state index contributed by atoms with van der Waals surface area (Å²) in [4.78, 5) is 4.26. The van der Waals surface area contributed by atoms with Crippen LogP contribution >= 0.6 is 0 Å². The first-order valence-electron chi connectivity index (χ1n) is 5.84. The smallest absolute Gasteiger partial charge is 0.116 e. The maximum atomic E-state index is 9.43. The van der Waals surface area contributed by atoms with Crippen LogP contribution in [0.25, 0.3) is 10.9 Å². The zero-order valence-electron chi connectivity index (χ0n) is 9.87. The van der Waals surface area contributed by atoms with E-state index < -0.39 is 0 Å². The monoisotopic (exact) mass is 232 g/mol. The highest BCUT2D eigenvalue weighted by molar-refractivity contribution is 5.80. The van der Waals surface area contributed by atoms with Crippen LogP contribution in [-0.4, -0.2) is 53.1 Å². The molecule has 17 heavy (non-hydrogen) atoms. The molecular weight excluding hydrogens is 216 g/mol. The average Bonchev–Trinajstić information content (AvgIpc) is 2.73. The number of fused-ring (bicyclic) bond motifs is 1. The van der Waals surface area contributed by atoms with E-state index in [0.717, 1.165) is 37.1 Å². The molecule has 0 saturated carbocycles. The SMILES string of the molecule is CN1CCN(n2ncc3cc(O)ccc32)CC1. The summed E-state index contributed by atoms with van der Waals surface area (Å²) in [6, 6.07) is 5.36. The van der Waals surface area contributed by atoms with Crippen molar-refractivity contribution in [3.63, 3.8) is 0 Å². The van der Waals surface area contributed by atoms with Crippen LogP contribution in [0.5, 0.6) is 5.75 Å². The number of benzene rings is 1. The van der Waals surface area contributed by atoms with Crippen LogP contribution in [0.4, 0.5) is 0 Å². The number of likely N-dealkylation sites (N-methyl/N-ethyl adjacent to an activating group) is 1. The Morgan fingerprint density at radius 2 is 1.94 bits per heavy atom. The second-order valence-electron chi connectivity index (χ2n) is 4.53. The van der Waals surface area contributed by atoms with Gasteiger partial charge < -0.3 is 10.0 Å². The first kappa shape index (κ1) is 10.4. The summed E-state index contributed by atoms with van der Waals surface area (Å²) >= 11 is 0. The summed E-state index contributed by atoms with van der Waals surface area (Å²) < 4.78 is 0. The number of piperazine rings is 1. The maximum absolute atomic E-state index is 9.43. The Bertz CT molecular complexity index is 528. The molecule has 1 saturated heterocycles. The second-order valence-corrected chi connectivity index (χ2v) is 4.53. The molecule has 90 valence electrons. The standard InChI is InChI=1S/C12H16N4O/c1-14-4-6-15(7-5-14)16-12-3-2-11(17)8-10(12)9-13-16/h2-3,8-9,17H,4-7H2,1H3. The quantitative estimate of drug-likeness (QED) is 0.783. The van der Waals surface area contributed by atoms with Gasteiger partial charge in [0.05, 0.1) is 11.7 Å². The topological polar surface area (TPSA) is 44.5 Å². The van der Waals surface area contributed by atoms with E-state index >= 15 is 0 Å². The summed E-state index contributed by atoms with van der Waals surface area (Å²) in [5.41, 5.74) is 1.05. The molecule has 0 radical (unpaired) electrons. The van der Waals surface area contributed by atoms with E-state index in [2.05, 4.69) is 22.1 Å². The van der Waals surface area contributed by atoms with E-state index in [-0.39, 0.29) is 5.75 Å². The third-order valence-electron chi connectivity index (χ3n) is 3.28. The van der Waals surface area contributed by atoms with Gasteiger partial charge >= 0.3 is 0 Å². The average molecular weight is 232 g/mol. The van der Waals surface area contributed by atoms with Gasteiger partial charge in [0.2, 0.25) is 0 Å². The van der Waals surface area contributed by atoms with Crippen LogP contribution in [0.3, 0.4) is 0 Å². The van der Waals surface area contributed by atoms with E-state index in [1.165, 1.54) is 0 Å². The van der Waals surface area contributed by atoms with Crippen LogP contribution in [0, 0.1) is 0 Å². The first-order chi connectivity index (χ1) is 8.24. The lowest BCUT2D eigenvalue weighted by atomic mass is 10.2. The van der Waals surface area contributed by atoms with E-state index in [1.807, 2.05) is 10.9 Å². The number of nitrogens with zero attached hydrogens (tertiary/aromatic N) is 4. The van der Waals surface area contributed by atoms with E-state index in [4.69, 9.17) is 0 Å². The van der Waals surface area contributed by atoms with Gasteiger partial charge in [0.25, 0.3) is 0 Å². The van der Waals surface area contributed by atoms with Crippen LogP contribution in [0.15, 0.2) is 24.4 Å². The molecule has 1 N–H and O–H groups in total. The number of hydrogen-bond acceptors (Lipinski definition) is 4. The maximum Gasteiger partial charge on any atom is 0.116 e. The minimum Gasteiger partial charge on any atom is -0.508 e. The molecule has 2 heterocycles. The van der Waals surface area contributed by atoms with Crippen LogP contribution < -0.4 is 5.01 Å². The van der Waals surface area contributed by atoms with Gasteiger partial charge in [-0.05, 0) is 25.2 Å². The van der Waals surface area contributed by atoms with Crippen molar-refractivity contribution in [2.45, 2.75) is 0 Å². The molecule has 0 spiro atoms. The van der Waals surface area contributed by atoms with Gasteiger partial charge in [-0.2, -0.15) is 9.89 Å². The highest BCUT2D eigenvalue weighted by Gasteiger charge is 2.16. The van der Waals surface area contributed by atoms with Crippen LogP contribution in [0.1, 0.15) is 0 Å². The molecule has 0 bridgehead atoms. The molecule has 5 nitrogen and oxygen atoms in total. The molecular formula is C12H16N4O. The van der Waals surface area contributed by atoms with Crippen molar-refractivity contribution in [1.82, 2.24) is 14.8 Å². The molecule has 0 amide bonds. The Kier molecular flexibility index (Phi) is 2.40. The zero-order chi connectivity index (χ0) is 11.8. The summed E-state index contributed by atoms with van der Waals surface area (Å²) in [7, 11) is 2.14. The summed E-state index contributed by atoms with van der Waals surface area (Å²) in [6.07, 6.45) is 1.80. The number of phenolic OH excluding ortho intramolecular Hbond substituents is 1. The highest BCUT2D eigenvalue weighted by Crippen LogP contribution is 2.19. The fourth-order valence-corrected chi connectivity index (χ4v) is 2.22. The van der Waals surface area contributed by atoms with Gasteiger partial charge in [0.1, 0.15) is 5.75 Å². The molecule has 1 fully saturated rings. The predicted octanol–water partition coefficient (Wildman–Crippen LogP) is 0.625. The van der Waals surface area contributed by atoms with Crippen molar-refractivity contribution in [1.29, 1.82) is 0 Å². The summed E-state index contributed by atoms with van der Waals surface area (Å²) in [6.45, 7) is 4.07.